The minimum absolute atomic E-state index is 0.0896. The number of fused-ring (bicyclic) bond motifs is 1. The Balaban J connectivity index is 1.57. The molecule has 0 spiro atoms. The van der Waals surface area contributed by atoms with Gasteiger partial charge in [0, 0.05) is 25.2 Å². The minimum atomic E-state index is -0.0946. The van der Waals surface area contributed by atoms with Gasteiger partial charge in [-0.05, 0) is 49.3 Å². The molecule has 7 nitrogen and oxygen atoms in total. The smallest absolute Gasteiger partial charge is 0.277 e. The first-order chi connectivity index (χ1) is 14.6. The third-order valence-electron chi connectivity index (χ3n) is 5.77. The number of ether oxygens (including phenoxy) is 1. The first-order valence-corrected chi connectivity index (χ1v) is 11.2. The number of aromatic nitrogens is 2. The van der Waals surface area contributed by atoms with Gasteiger partial charge < -0.3 is 15.0 Å². The van der Waals surface area contributed by atoms with Crippen molar-refractivity contribution in [2.45, 2.75) is 31.7 Å². The fraction of sp³-hybridized carbons (Fsp3) is 0.409. The van der Waals surface area contributed by atoms with Crippen molar-refractivity contribution in [1.82, 2.24) is 14.9 Å². The van der Waals surface area contributed by atoms with Crippen molar-refractivity contribution in [2.75, 3.05) is 25.1 Å². The first kappa shape index (κ1) is 19.1. The molecule has 3 heterocycles. The fourth-order valence-electron chi connectivity index (χ4n) is 4.01. The summed E-state index contributed by atoms with van der Waals surface area (Å²) in [7, 11) is 1.61. The minimum Gasteiger partial charge on any atom is -0.497 e. The second-order valence-corrected chi connectivity index (χ2v) is 8.87. The second-order valence-electron chi connectivity index (χ2n) is 7.96. The van der Waals surface area contributed by atoms with Crippen LogP contribution < -0.4 is 20.5 Å². The summed E-state index contributed by atoms with van der Waals surface area (Å²) in [6, 6.07) is 9.67. The van der Waals surface area contributed by atoms with E-state index < -0.39 is 0 Å². The third kappa shape index (κ3) is 3.56. The lowest BCUT2D eigenvalue weighted by molar-refractivity contribution is -0.125. The SMILES string of the molecule is COc1cccc(-n2c(N3CCC[C@@H](C(=O)NC4CC4)C3)nc3ccsc3c2=O)c1. The van der Waals surface area contributed by atoms with Crippen LogP contribution >= 0.6 is 11.3 Å². The molecule has 2 aliphatic rings. The number of rotatable bonds is 5. The number of thiophene rings is 1. The lowest BCUT2D eigenvalue weighted by Gasteiger charge is -2.34. The van der Waals surface area contributed by atoms with Crippen molar-refractivity contribution in [3.63, 3.8) is 0 Å². The largest absolute Gasteiger partial charge is 0.497 e. The molecular weight excluding hydrogens is 400 g/mol. The summed E-state index contributed by atoms with van der Waals surface area (Å²) in [6.45, 7) is 1.32. The van der Waals surface area contributed by atoms with Gasteiger partial charge in [0.1, 0.15) is 10.4 Å². The number of benzene rings is 1. The van der Waals surface area contributed by atoms with E-state index in [1.807, 2.05) is 35.7 Å². The summed E-state index contributed by atoms with van der Waals surface area (Å²) in [5.74, 6) is 1.29. The molecule has 1 aliphatic carbocycles. The van der Waals surface area contributed by atoms with Gasteiger partial charge in [-0.15, -0.1) is 11.3 Å². The number of hydrogen-bond acceptors (Lipinski definition) is 6. The van der Waals surface area contributed by atoms with Gasteiger partial charge in [0.2, 0.25) is 11.9 Å². The van der Waals surface area contributed by atoms with Gasteiger partial charge >= 0.3 is 0 Å². The molecule has 1 saturated heterocycles. The zero-order chi connectivity index (χ0) is 20.7. The Kier molecular flexibility index (Phi) is 4.94. The third-order valence-corrected chi connectivity index (χ3v) is 6.66. The van der Waals surface area contributed by atoms with Gasteiger partial charge in [0.25, 0.3) is 5.56 Å². The Morgan fingerprint density at radius 3 is 2.93 bits per heavy atom. The van der Waals surface area contributed by atoms with Crippen molar-refractivity contribution < 1.29 is 9.53 Å². The predicted octanol–water partition coefficient (Wildman–Crippen LogP) is 2.95. The Morgan fingerprint density at radius 2 is 2.13 bits per heavy atom. The standard InChI is InChI=1S/C22H24N4O3S/c1-29-17-6-2-5-16(12-17)26-21(28)19-18(9-11-30-19)24-22(26)25-10-3-4-14(13-25)20(27)23-15-7-8-15/h2,5-6,9,11-12,14-15H,3-4,7-8,10,13H2,1H3,(H,23,27)/t14-/m1/s1. The molecule has 5 rings (SSSR count). The molecule has 1 aromatic carbocycles. The molecule has 0 radical (unpaired) electrons. The van der Waals surface area contributed by atoms with Crippen molar-refractivity contribution in [3.05, 3.63) is 46.1 Å². The maximum Gasteiger partial charge on any atom is 0.277 e. The van der Waals surface area contributed by atoms with Gasteiger partial charge in [0.05, 0.1) is 24.2 Å². The van der Waals surface area contributed by atoms with E-state index in [2.05, 4.69) is 10.2 Å². The fourth-order valence-corrected chi connectivity index (χ4v) is 4.77. The molecule has 1 amide bonds. The van der Waals surface area contributed by atoms with Crippen LogP contribution in [0.5, 0.6) is 5.75 Å². The summed E-state index contributed by atoms with van der Waals surface area (Å²) in [5, 5.41) is 5.01. The molecule has 156 valence electrons. The second kappa shape index (κ2) is 7.75. The van der Waals surface area contributed by atoms with E-state index in [1.54, 1.807) is 11.7 Å². The van der Waals surface area contributed by atoms with E-state index in [4.69, 9.17) is 9.72 Å². The first-order valence-electron chi connectivity index (χ1n) is 10.3. The van der Waals surface area contributed by atoms with Gasteiger partial charge in [0.15, 0.2) is 0 Å². The number of nitrogens with zero attached hydrogens (tertiary/aromatic N) is 3. The molecule has 2 fully saturated rings. The van der Waals surface area contributed by atoms with Crippen LogP contribution in [0.1, 0.15) is 25.7 Å². The van der Waals surface area contributed by atoms with Crippen LogP contribution in [0.25, 0.3) is 15.9 Å². The highest BCUT2D eigenvalue weighted by atomic mass is 32.1. The van der Waals surface area contributed by atoms with Crippen LogP contribution in [0, 0.1) is 5.92 Å². The Bertz CT molecular complexity index is 1150. The number of carbonyl (C=O) groups is 1. The average molecular weight is 425 g/mol. The zero-order valence-electron chi connectivity index (χ0n) is 16.8. The summed E-state index contributed by atoms with van der Waals surface area (Å²) in [4.78, 5) is 33.0. The zero-order valence-corrected chi connectivity index (χ0v) is 17.7. The lowest BCUT2D eigenvalue weighted by Crippen LogP contribution is -2.45. The van der Waals surface area contributed by atoms with Crippen LogP contribution in [0.4, 0.5) is 5.95 Å². The number of carbonyl (C=O) groups excluding carboxylic acids is 1. The molecule has 0 unspecified atom stereocenters. The predicted molar refractivity (Wildman–Crippen MR) is 118 cm³/mol. The molecule has 2 aromatic heterocycles. The monoisotopic (exact) mass is 424 g/mol. The maximum atomic E-state index is 13.4. The Hall–Kier alpha value is -2.87. The topological polar surface area (TPSA) is 76.5 Å². The van der Waals surface area contributed by atoms with Crippen LogP contribution in [0.15, 0.2) is 40.5 Å². The van der Waals surface area contributed by atoms with E-state index >= 15 is 0 Å². The quantitative estimate of drug-likeness (QED) is 0.682. The average Bonchev–Trinajstić information content (AvgIpc) is 3.46. The highest BCUT2D eigenvalue weighted by molar-refractivity contribution is 7.17. The van der Waals surface area contributed by atoms with Crippen molar-refractivity contribution >= 4 is 33.4 Å². The molecule has 30 heavy (non-hydrogen) atoms. The van der Waals surface area contributed by atoms with Gasteiger partial charge in [-0.1, -0.05) is 6.07 Å². The molecule has 1 saturated carbocycles. The number of methoxy groups -OCH3 is 1. The number of hydrogen-bond donors (Lipinski definition) is 1. The maximum absolute atomic E-state index is 13.4. The number of amides is 1. The van der Waals surface area contributed by atoms with Gasteiger partial charge in [-0.2, -0.15) is 0 Å². The van der Waals surface area contributed by atoms with Gasteiger partial charge in [-0.3, -0.25) is 9.59 Å². The highest BCUT2D eigenvalue weighted by Gasteiger charge is 2.32. The molecule has 0 bridgehead atoms. The van der Waals surface area contributed by atoms with Crippen LogP contribution in [-0.2, 0) is 4.79 Å². The number of nitrogens with one attached hydrogen (secondary N) is 1. The van der Waals surface area contributed by atoms with E-state index in [9.17, 15) is 9.59 Å². The number of piperidine rings is 1. The Labute approximate surface area is 178 Å². The lowest BCUT2D eigenvalue weighted by atomic mass is 9.97. The molecule has 3 aromatic rings. The molecular formula is C22H24N4O3S. The highest BCUT2D eigenvalue weighted by Crippen LogP contribution is 2.28. The normalized spacial score (nSPS) is 19.1. The molecule has 1 aliphatic heterocycles. The van der Waals surface area contributed by atoms with Crippen LogP contribution in [0.2, 0.25) is 0 Å². The van der Waals surface area contributed by atoms with E-state index in [1.165, 1.54) is 11.3 Å². The summed E-state index contributed by atoms with van der Waals surface area (Å²) < 4.78 is 7.65. The van der Waals surface area contributed by atoms with Crippen molar-refractivity contribution in [3.8, 4) is 11.4 Å². The summed E-state index contributed by atoms with van der Waals surface area (Å²) in [5.41, 5.74) is 1.31. The van der Waals surface area contributed by atoms with Crippen LogP contribution in [0.3, 0.4) is 0 Å². The van der Waals surface area contributed by atoms with E-state index in [0.29, 0.717) is 40.2 Å². The summed E-state index contributed by atoms with van der Waals surface area (Å²) in [6.07, 6.45) is 3.90. The van der Waals surface area contributed by atoms with Gasteiger partial charge in [-0.25, -0.2) is 9.55 Å². The van der Waals surface area contributed by atoms with Crippen LogP contribution in [-0.4, -0.2) is 41.7 Å². The van der Waals surface area contributed by atoms with Crippen molar-refractivity contribution in [2.24, 2.45) is 5.92 Å². The summed E-state index contributed by atoms with van der Waals surface area (Å²) >= 11 is 1.40. The Morgan fingerprint density at radius 1 is 1.27 bits per heavy atom. The van der Waals surface area contributed by atoms with Crippen molar-refractivity contribution in [1.29, 1.82) is 0 Å². The molecule has 1 atom stereocenters. The van der Waals surface area contributed by atoms with E-state index in [0.717, 1.165) is 32.2 Å². The van der Waals surface area contributed by atoms with E-state index in [-0.39, 0.29) is 17.4 Å². The number of anilines is 1. The molecule has 1 N–H and O–H groups in total. The molecule has 8 heteroatoms.